The first-order valence-corrected chi connectivity index (χ1v) is 9.49. The van der Waals surface area contributed by atoms with E-state index in [2.05, 4.69) is 5.32 Å². The maximum absolute atomic E-state index is 12.5. The highest BCUT2D eigenvalue weighted by Crippen LogP contribution is 2.55. The molecule has 4 rings (SSSR count). The number of esters is 1. The first-order valence-electron chi connectivity index (χ1n) is 9.49. The third-order valence-corrected chi connectivity index (χ3v) is 6.54. The summed E-state index contributed by atoms with van der Waals surface area (Å²) >= 11 is 0. The van der Waals surface area contributed by atoms with Gasteiger partial charge in [-0.15, -0.1) is 0 Å². The predicted molar refractivity (Wildman–Crippen MR) is 95.5 cm³/mol. The van der Waals surface area contributed by atoms with Crippen LogP contribution in [0.15, 0.2) is 22.8 Å². The molecule has 2 saturated heterocycles. The summed E-state index contributed by atoms with van der Waals surface area (Å²) < 4.78 is 17.6. The van der Waals surface area contributed by atoms with Gasteiger partial charge in [-0.3, -0.25) is 4.79 Å². The van der Waals surface area contributed by atoms with E-state index in [0.29, 0.717) is 16.7 Å². The minimum atomic E-state index is -1.62. The van der Waals surface area contributed by atoms with E-state index in [1.54, 1.807) is 26.8 Å². The zero-order valence-electron chi connectivity index (χ0n) is 16.4. The Morgan fingerprint density at radius 1 is 1.33 bits per heavy atom. The Hall–Kier alpha value is -1.70. The third kappa shape index (κ3) is 2.83. The Kier molecular flexibility index (Phi) is 3.91. The molecular weight excluding hydrogens is 350 g/mol. The number of amides is 1. The molecule has 3 heterocycles. The Labute approximate surface area is 158 Å². The fraction of sp³-hybridized carbons (Fsp3) is 0.700. The number of aliphatic hydroxyl groups is 1. The minimum Gasteiger partial charge on any atom is -0.451 e. The van der Waals surface area contributed by atoms with Crippen LogP contribution in [-0.4, -0.2) is 52.2 Å². The van der Waals surface area contributed by atoms with Gasteiger partial charge in [0.05, 0.1) is 17.3 Å². The second kappa shape index (κ2) is 5.65. The monoisotopic (exact) mass is 377 g/mol. The Morgan fingerprint density at radius 3 is 2.70 bits per heavy atom. The van der Waals surface area contributed by atoms with Crippen LogP contribution in [-0.2, 0) is 23.8 Å². The fourth-order valence-corrected chi connectivity index (χ4v) is 4.54. The summed E-state index contributed by atoms with van der Waals surface area (Å²) in [5.41, 5.74) is -1.40. The van der Waals surface area contributed by atoms with E-state index in [1.165, 1.54) is 0 Å². The largest absolute Gasteiger partial charge is 0.451 e. The summed E-state index contributed by atoms with van der Waals surface area (Å²) in [7, 11) is 0. The van der Waals surface area contributed by atoms with Crippen molar-refractivity contribution in [3.8, 4) is 0 Å². The van der Waals surface area contributed by atoms with Crippen molar-refractivity contribution in [1.29, 1.82) is 0 Å². The van der Waals surface area contributed by atoms with Crippen molar-refractivity contribution >= 4 is 11.9 Å². The molecule has 0 spiro atoms. The van der Waals surface area contributed by atoms with Crippen LogP contribution in [0.5, 0.6) is 0 Å². The molecule has 1 aliphatic carbocycles. The van der Waals surface area contributed by atoms with Crippen molar-refractivity contribution in [2.45, 2.75) is 89.1 Å². The molecule has 3 aliphatic heterocycles. The average Bonchev–Trinajstić information content (AvgIpc) is 3.42. The van der Waals surface area contributed by atoms with Crippen molar-refractivity contribution < 1.29 is 28.9 Å². The second-order valence-corrected chi connectivity index (χ2v) is 8.64. The van der Waals surface area contributed by atoms with Gasteiger partial charge in [0.1, 0.15) is 6.10 Å². The van der Waals surface area contributed by atoms with Crippen LogP contribution in [0.1, 0.15) is 53.9 Å². The molecule has 0 bridgehead atoms. The number of hydrogen-bond donors (Lipinski definition) is 2. The molecule has 7 heteroatoms. The summed E-state index contributed by atoms with van der Waals surface area (Å²) in [6, 6.07) is 0. The number of nitrogens with one attached hydrogen (secondary N) is 1. The SMILES string of the molecule is C/C=C(\C)C(=O)O[C@@H]1C2=C(C)C(=O)N[C@]2(O)C[C@@]2(C)O[C@@H]2CC[C@@]2(C)O[C@H]12. The number of allylic oxidation sites excluding steroid dienone is 1. The number of epoxide rings is 2. The topological polar surface area (TPSA) is 101 Å². The van der Waals surface area contributed by atoms with Gasteiger partial charge in [-0.25, -0.2) is 4.79 Å². The molecule has 1 amide bonds. The van der Waals surface area contributed by atoms with Crippen LogP contribution in [0.25, 0.3) is 0 Å². The molecule has 148 valence electrons. The van der Waals surface area contributed by atoms with Gasteiger partial charge >= 0.3 is 5.97 Å². The first-order chi connectivity index (χ1) is 12.5. The van der Waals surface area contributed by atoms with Gasteiger partial charge in [-0.1, -0.05) is 6.08 Å². The molecule has 7 nitrogen and oxygen atoms in total. The maximum Gasteiger partial charge on any atom is 0.334 e. The fourth-order valence-electron chi connectivity index (χ4n) is 4.54. The maximum atomic E-state index is 12.5. The Balaban J connectivity index is 1.77. The predicted octanol–water partition coefficient (Wildman–Crippen LogP) is 1.50. The lowest BCUT2D eigenvalue weighted by Crippen LogP contribution is -2.52. The lowest BCUT2D eigenvalue weighted by atomic mass is 9.81. The van der Waals surface area contributed by atoms with E-state index >= 15 is 0 Å². The molecule has 0 aromatic rings. The van der Waals surface area contributed by atoms with Crippen LogP contribution >= 0.6 is 0 Å². The van der Waals surface area contributed by atoms with E-state index in [0.717, 1.165) is 12.8 Å². The quantitative estimate of drug-likeness (QED) is 0.430. The number of carbonyl (C=O) groups is 2. The van der Waals surface area contributed by atoms with Crippen LogP contribution in [0.2, 0.25) is 0 Å². The molecule has 6 atom stereocenters. The van der Waals surface area contributed by atoms with Crippen LogP contribution < -0.4 is 5.32 Å². The number of carbonyl (C=O) groups excluding carboxylic acids is 2. The van der Waals surface area contributed by atoms with E-state index < -0.39 is 35.1 Å². The molecule has 3 fully saturated rings. The molecule has 27 heavy (non-hydrogen) atoms. The molecular formula is C20H27NO6. The van der Waals surface area contributed by atoms with E-state index in [-0.39, 0.29) is 18.4 Å². The van der Waals surface area contributed by atoms with Gasteiger partial charge in [0.25, 0.3) is 0 Å². The lowest BCUT2D eigenvalue weighted by Gasteiger charge is -2.33. The second-order valence-electron chi connectivity index (χ2n) is 8.64. The number of hydrogen-bond acceptors (Lipinski definition) is 6. The van der Waals surface area contributed by atoms with Gasteiger partial charge in [-0.05, 0) is 47.5 Å². The van der Waals surface area contributed by atoms with Gasteiger partial charge in [-0.2, -0.15) is 0 Å². The minimum absolute atomic E-state index is 0.0200. The van der Waals surface area contributed by atoms with Gasteiger partial charge in [0.2, 0.25) is 5.91 Å². The molecule has 1 saturated carbocycles. The molecule has 0 unspecified atom stereocenters. The Bertz CT molecular complexity index is 787. The number of fused-ring (bicyclic) bond motifs is 3. The molecule has 0 aromatic carbocycles. The zero-order valence-corrected chi connectivity index (χ0v) is 16.4. The van der Waals surface area contributed by atoms with Gasteiger partial charge in [0, 0.05) is 23.1 Å². The van der Waals surface area contributed by atoms with Gasteiger partial charge in [0.15, 0.2) is 11.8 Å². The van der Waals surface area contributed by atoms with E-state index in [4.69, 9.17) is 14.2 Å². The van der Waals surface area contributed by atoms with E-state index in [1.807, 2.05) is 13.8 Å². The van der Waals surface area contributed by atoms with E-state index in [9.17, 15) is 14.7 Å². The number of ether oxygens (including phenoxy) is 3. The summed E-state index contributed by atoms with van der Waals surface area (Å²) in [5.74, 6) is -0.843. The third-order valence-electron chi connectivity index (χ3n) is 6.54. The van der Waals surface area contributed by atoms with Gasteiger partial charge < -0.3 is 24.6 Å². The summed E-state index contributed by atoms with van der Waals surface area (Å²) in [4.78, 5) is 24.9. The summed E-state index contributed by atoms with van der Waals surface area (Å²) in [6.45, 7) is 8.99. The van der Waals surface area contributed by atoms with Crippen LogP contribution in [0.3, 0.4) is 0 Å². The summed E-state index contributed by atoms with van der Waals surface area (Å²) in [6.07, 6.45) is 2.22. The summed E-state index contributed by atoms with van der Waals surface area (Å²) in [5, 5.41) is 14.1. The van der Waals surface area contributed by atoms with Crippen molar-refractivity contribution in [3.05, 3.63) is 22.8 Å². The molecule has 0 aromatic heterocycles. The van der Waals surface area contributed by atoms with Crippen LogP contribution in [0.4, 0.5) is 0 Å². The average molecular weight is 377 g/mol. The Morgan fingerprint density at radius 2 is 2.04 bits per heavy atom. The van der Waals surface area contributed by atoms with Crippen molar-refractivity contribution in [2.24, 2.45) is 0 Å². The molecule has 4 aliphatic rings. The zero-order chi connectivity index (χ0) is 19.8. The highest BCUT2D eigenvalue weighted by molar-refractivity contribution is 5.98. The lowest BCUT2D eigenvalue weighted by molar-refractivity contribution is -0.144. The number of rotatable bonds is 2. The standard InChI is InChI=1S/C20H27NO6/c1-6-10(2)17(23)25-14-13-11(3)16(22)21-20(13,24)9-19(5)12(26-19)7-8-18(4)15(14)27-18/h6,12,14-15,24H,7-9H2,1-5H3,(H,21,22)/b10-6+/t12-,14-,15-,18-,19-,20+/m1/s1. The molecule has 2 N–H and O–H groups in total. The van der Waals surface area contributed by atoms with Crippen molar-refractivity contribution in [2.75, 3.05) is 0 Å². The highest BCUT2D eigenvalue weighted by atomic mass is 16.6. The first kappa shape index (κ1) is 18.7. The van der Waals surface area contributed by atoms with Crippen molar-refractivity contribution in [3.63, 3.8) is 0 Å². The smallest absolute Gasteiger partial charge is 0.334 e. The normalized spacial score (nSPS) is 46.1. The van der Waals surface area contributed by atoms with Crippen LogP contribution in [0, 0.1) is 0 Å². The highest BCUT2D eigenvalue weighted by Gasteiger charge is 2.67. The molecule has 0 radical (unpaired) electrons. The van der Waals surface area contributed by atoms with Crippen molar-refractivity contribution in [1.82, 2.24) is 5.32 Å².